The second-order valence-corrected chi connectivity index (χ2v) is 12.5. The molecule has 0 radical (unpaired) electrons. The minimum atomic E-state index is -3.93. The number of ether oxygens (including phenoxy) is 3. The number of hydrogen-bond acceptors (Lipinski definition) is 9. The highest BCUT2D eigenvalue weighted by atomic mass is 32.2. The first-order valence-electron chi connectivity index (χ1n) is 12.7. The van der Waals surface area contributed by atoms with Gasteiger partial charge in [-0.3, -0.25) is 8.37 Å². The van der Waals surface area contributed by atoms with Crippen molar-refractivity contribution in [3.05, 3.63) is 108 Å². The largest absolute Gasteiger partial charge is 0.374 e. The van der Waals surface area contributed by atoms with Gasteiger partial charge < -0.3 is 14.2 Å². The fraction of sp³-hybridized carbons (Fsp3) is 0.379. The molecule has 11 heteroatoms. The first-order chi connectivity index (χ1) is 19.1. The zero-order chi connectivity index (χ0) is 28.8. The van der Waals surface area contributed by atoms with Gasteiger partial charge in [0, 0.05) is 6.42 Å². The maximum absolute atomic E-state index is 12.3. The molecule has 3 atom stereocenters. The summed E-state index contributed by atoms with van der Waals surface area (Å²) < 4.78 is 76.8. The van der Waals surface area contributed by atoms with Crippen LogP contribution in [0.15, 0.2) is 91.0 Å². The minimum absolute atomic E-state index is 0.0850. The van der Waals surface area contributed by atoms with Crippen LogP contribution in [0.2, 0.25) is 0 Å². The molecule has 0 aliphatic rings. The molecule has 3 rings (SSSR count). The van der Waals surface area contributed by atoms with Crippen LogP contribution in [0.25, 0.3) is 0 Å². The summed E-state index contributed by atoms with van der Waals surface area (Å²) in [5.41, 5.74) is 2.63. The van der Waals surface area contributed by atoms with Crippen molar-refractivity contribution in [3.8, 4) is 0 Å². The molecule has 0 spiro atoms. The Morgan fingerprint density at radius 2 is 1.07 bits per heavy atom. The first kappa shape index (κ1) is 31.9. The van der Waals surface area contributed by atoms with Gasteiger partial charge in [-0.2, -0.15) is 16.8 Å². The maximum Gasteiger partial charge on any atom is 0.264 e. The normalized spacial score (nSPS) is 14.4. The smallest absolute Gasteiger partial charge is 0.264 e. The minimum Gasteiger partial charge on any atom is -0.374 e. The van der Waals surface area contributed by atoms with Gasteiger partial charge >= 0.3 is 0 Å². The van der Waals surface area contributed by atoms with Crippen LogP contribution < -0.4 is 0 Å². The summed E-state index contributed by atoms with van der Waals surface area (Å²) in [7, 11) is -7.64. The molecule has 0 aromatic heterocycles. The first-order valence-corrected chi connectivity index (χ1v) is 16.4. The quantitative estimate of drug-likeness (QED) is 0.202. The molecule has 0 unspecified atom stereocenters. The van der Waals surface area contributed by atoms with E-state index in [9.17, 15) is 16.8 Å². The summed E-state index contributed by atoms with van der Waals surface area (Å²) in [4.78, 5) is 0. The van der Waals surface area contributed by atoms with E-state index in [0.29, 0.717) is 0 Å². The van der Waals surface area contributed by atoms with Crippen LogP contribution in [0.1, 0.15) is 23.1 Å². The average Bonchev–Trinajstić information content (AvgIpc) is 2.91. The van der Waals surface area contributed by atoms with Crippen LogP contribution in [0.5, 0.6) is 0 Å². The van der Waals surface area contributed by atoms with Crippen LogP contribution in [-0.2, 0) is 62.6 Å². The van der Waals surface area contributed by atoms with Gasteiger partial charge in [0.05, 0.1) is 51.6 Å². The third kappa shape index (κ3) is 12.7. The Morgan fingerprint density at radius 3 is 1.55 bits per heavy atom. The van der Waals surface area contributed by atoms with Crippen molar-refractivity contribution >= 4 is 20.2 Å². The molecule has 0 saturated heterocycles. The van der Waals surface area contributed by atoms with Crippen LogP contribution >= 0.6 is 0 Å². The maximum atomic E-state index is 12.3. The lowest BCUT2D eigenvalue weighted by molar-refractivity contribution is -0.142. The van der Waals surface area contributed by atoms with E-state index < -0.39 is 38.5 Å². The van der Waals surface area contributed by atoms with E-state index in [0.717, 1.165) is 29.2 Å². The van der Waals surface area contributed by atoms with Crippen molar-refractivity contribution in [2.75, 3.05) is 25.7 Å². The molecule has 0 heterocycles. The molecule has 3 aromatic carbocycles. The third-order valence-electron chi connectivity index (χ3n) is 5.72. The van der Waals surface area contributed by atoms with Crippen molar-refractivity contribution < 1.29 is 39.4 Å². The Morgan fingerprint density at radius 1 is 0.600 bits per heavy atom. The molecular weight excluding hydrogens is 556 g/mol. The van der Waals surface area contributed by atoms with E-state index in [-0.39, 0.29) is 39.5 Å². The second-order valence-electron chi connectivity index (χ2n) is 9.25. The lowest BCUT2D eigenvalue weighted by Crippen LogP contribution is -2.46. The molecule has 40 heavy (non-hydrogen) atoms. The summed E-state index contributed by atoms with van der Waals surface area (Å²) in [6.07, 6.45) is -0.861. The Hall–Kier alpha value is -2.64. The zero-order valence-corrected chi connectivity index (χ0v) is 24.3. The van der Waals surface area contributed by atoms with Gasteiger partial charge in [-0.05, 0) is 16.7 Å². The predicted octanol–water partition coefficient (Wildman–Crippen LogP) is 4.09. The van der Waals surface area contributed by atoms with Crippen LogP contribution in [0, 0.1) is 0 Å². The summed E-state index contributed by atoms with van der Waals surface area (Å²) in [5.74, 6) is 0. The van der Waals surface area contributed by atoms with Crippen molar-refractivity contribution in [3.63, 3.8) is 0 Å². The van der Waals surface area contributed by atoms with Gasteiger partial charge in [0.15, 0.2) is 0 Å². The molecule has 0 amide bonds. The van der Waals surface area contributed by atoms with E-state index >= 15 is 0 Å². The third-order valence-corrected chi connectivity index (χ3v) is 6.91. The molecule has 0 fully saturated rings. The topological polar surface area (TPSA) is 114 Å². The summed E-state index contributed by atoms with van der Waals surface area (Å²) in [6.45, 7) is 0.208. The molecule has 0 saturated carbocycles. The number of rotatable bonds is 18. The average molecular weight is 593 g/mol. The molecule has 9 nitrogen and oxygen atoms in total. The highest BCUT2D eigenvalue weighted by molar-refractivity contribution is 7.86. The van der Waals surface area contributed by atoms with Crippen molar-refractivity contribution in [1.82, 2.24) is 0 Å². The molecule has 0 bridgehead atoms. The van der Waals surface area contributed by atoms with Crippen molar-refractivity contribution in [2.24, 2.45) is 0 Å². The summed E-state index contributed by atoms with van der Waals surface area (Å²) in [5, 5.41) is 0. The highest BCUT2D eigenvalue weighted by Gasteiger charge is 2.35. The Balaban J connectivity index is 1.87. The molecule has 0 aliphatic heterocycles. The second kappa shape index (κ2) is 16.0. The lowest BCUT2D eigenvalue weighted by atomic mass is 10.0. The molecule has 0 aliphatic carbocycles. The lowest BCUT2D eigenvalue weighted by Gasteiger charge is -2.33. The monoisotopic (exact) mass is 592 g/mol. The predicted molar refractivity (Wildman–Crippen MR) is 151 cm³/mol. The van der Waals surface area contributed by atoms with Crippen LogP contribution in [0.4, 0.5) is 0 Å². The van der Waals surface area contributed by atoms with E-state index in [1.807, 2.05) is 91.0 Å². The van der Waals surface area contributed by atoms with Gasteiger partial charge in [0.25, 0.3) is 20.2 Å². The standard InChI is InChI=1S/C29H36O9S2/c1-39(30,31)37-19-18-27(35-21-25-14-8-4-9-15-25)29(36-22-26-16-10-5-11-17-26)28(38-40(2,32)33)23-34-20-24-12-6-3-7-13-24/h3-17,27-29H,18-23H2,1-2H3/t27-,28-,29-/m1/s1. The Labute approximate surface area is 237 Å². The SMILES string of the molecule is CS(=O)(=O)OCC[C@@H](OCc1ccccc1)[C@@H](OCc1ccccc1)[C@@H](COCc1ccccc1)OS(C)(=O)=O. The van der Waals surface area contributed by atoms with E-state index in [1.54, 1.807) is 0 Å². The van der Waals surface area contributed by atoms with Crippen LogP contribution in [-0.4, -0.2) is 60.9 Å². The van der Waals surface area contributed by atoms with Gasteiger partial charge in [-0.15, -0.1) is 0 Å². The molecule has 3 aromatic rings. The van der Waals surface area contributed by atoms with Gasteiger partial charge in [-0.1, -0.05) is 91.0 Å². The number of benzene rings is 3. The fourth-order valence-corrected chi connectivity index (χ4v) is 4.94. The van der Waals surface area contributed by atoms with Crippen molar-refractivity contribution in [1.29, 1.82) is 0 Å². The summed E-state index contributed by atoms with van der Waals surface area (Å²) in [6, 6.07) is 28.2. The van der Waals surface area contributed by atoms with Gasteiger partial charge in [-0.25, -0.2) is 0 Å². The van der Waals surface area contributed by atoms with Crippen molar-refractivity contribution in [2.45, 2.75) is 44.6 Å². The zero-order valence-electron chi connectivity index (χ0n) is 22.6. The van der Waals surface area contributed by atoms with E-state index in [4.69, 9.17) is 22.6 Å². The van der Waals surface area contributed by atoms with Crippen LogP contribution in [0.3, 0.4) is 0 Å². The Bertz CT molecular complexity index is 1330. The fourth-order valence-electron chi connectivity index (χ4n) is 3.93. The van der Waals surface area contributed by atoms with Gasteiger partial charge in [0.1, 0.15) is 12.2 Å². The highest BCUT2D eigenvalue weighted by Crippen LogP contribution is 2.22. The summed E-state index contributed by atoms with van der Waals surface area (Å²) >= 11 is 0. The molecule has 0 N–H and O–H groups in total. The van der Waals surface area contributed by atoms with Gasteiger partial charge in [0.2, 0.25) is 0 Å². The Kier molecular flexibility index (Phi) is 12.7. The molecule has 218 valence electrons. The molecular formula is C29H36O9S2. The number of hydrogen-bond donors (Lipinski definition) is 0. The van der Waals surface area contributed by atoms with E-state index in [1.165, 1.54) is 0 Å². The van der Waals surface area contributed by atoms with E-state index in [2.05, 4.69) is 0 Å².